The molecule has 0 aromatic carbocycles. The monoisotopic (exact) mass is 321 g/mol. The molecule has 0 aliphatic carbocycles. The van der Waals surface area contributed by atoms with Crippen LogP contribution in [0, 0.1) is 13.8 Å². The molecular weight excluding hydrogens is 290 g/mol. The van der Waals surface area contributed by atoms with Crippen LogP contribution in [0.25, 0.3) is 0 Å². The summed E-state index contributed by atoms with van der Waals surface area (Å²) >= 11 is 0. The first-order valence-corrected chi connectivity index (χ1v) is 8.79. The van der Waals surface area contributed by atoms with Gasteiger partial charge < -0.3 is 15.1 Å². The molecule has 0 spiro atoms. The van der Waals surface area contributed by atoms with Crippen LogP contribution in [0.4, 0.5) is 0 Å². The van der Waals surface area contributed by atoms with E-state index in [-0.39, 0.29) is 0 Å². The molecule has 1 atom stereocenters. The Morgan fingerprint density at radius 3 is 2.83 bits per heavy atom. The zero-order valence-corrected chi connectivity index (χ0v) is 15.0. The lowest BCUT2D eigenvalue weighted by molar-refractivity contribution is 0.163. The zero-order chi connectivity index (χ0) is 16.7. The molecule has 0 amide bonds. The van der Waals surface area contributed by atoms with Gasteiger partial charge in [-0.15, -0.1) is 0 Å². The van der Waals surface area contributed by atoms with Crippen LogP contribution in [0.3, 0.4) is 0 Å². The van der Waals surface area contributed by atoms with Crippen LogP contribution < -0.4 is 10.6 Å². The van der Waals surface area contributed by atoms with E-state index in [4.69, 9.17) is 4.42 Å². The quantitative estimate of drug-likeness (QED) is 0.621. The van der Waals surface area contributed by atoms with Crippen molar-refractivity contribution >= 4 is 5.96 Å². The standard InChI is InChI=1S/C17H31N5O/c1-5-18-17(20-12-16-21-14(3)15(4)23-16)19-9-11-22-10-7-6-8-13(22)2/h13H,5-12H2,1-4H3,(H2,18,19,20). The first kappa shape index (κ1) is 17.8. The van der Waals surface area contributed by atoms with Crippen molar-refractivity contribution in [1.29, 1.82) is 0 Å². The number of likely N-dealkylation sites (tertiary alicyclic amines) is 1. The van der Waals surface area contributed by atoms with Gasteiger partial charge >= 0.3 is 0 Å². The fraction of sp³-hybridized carbons (Fsp3) is 0.765. The van der Waals surface area contributed by atoms with E-state index in [1.54, 1.807) is 0 Å². The highest BCUT2D eigenvalue weighted by Crippen LogP contribution is 2.15. The summed E-state index contributed by atoms with van der Waals surface area (Å²) in [7, 11) is 0. The minimum Gasteiger partial charge on any atom is -0.444 e. The molecule has 6 heteroatoms. The van der Waals surface area contributed by atoms with Crippen LogP contribution >= 0.6 is 0 Å². The minimum atomic E-state index is 0.462. The fourth-order valence-corrected chi connectivity index (χ4v) is 2.90. The molecule has 1 aliphatic rings. The van der Waals surface area contributed by atoms with Crippen molar-refractivity contribution in [3.8, 4) is 0 Å². The summed E-state index contributed by atoms with van der Waals surface area (Å²) in [6, 6.07) is 0.698. The van der Waals surface area contributed by atoms with Gasteiger partial charge in [-0.05, 0) is 47.1 Å². The molecule has 6 nitrogen and oxygen atoms in total. The Hall–Kier alpha value is -1.56. The lowest BCUT2D eigenvalue weighted by Gasteiger charge is -2.33. The van der Waals surface area contributed by atoms with Crippen LogP contribution in [-0.2, 0) is 6.54 Å². The number of guanidine groups is 1. The lowest BCUT2D eigenvalue weighted by Crippen LogP contribution is -2.45. The van der Waals surface area contributed by atoms with E-state index in [1.165, 1.54) is 25.8 Å². The highest BCUT2D eigenvalue weighted by Gasteiger charge is 2.17. The van der Waals surface area contributed by atoms with E-state index in [2.05, 4.69) is 39.4 Å². The Bertz CT molecular complexity index is 492. The molecule has 2 heterocycles. The minimum absolute atomic E-state index is 0.462. The second-order valence-electron chi connectivity index (χ2n) is 6.25. The Labute approximate surface area is 139 Å². The number of nitrogens with zero attached hydrogens (tertiary/aromatic N) is 3. The van der Waals surface area contributed by atoms with Crippen LogP contribution in [0.15, 0.2) is 9.41 Å². The van der Waals surface area contributed by atoms with Gasteiger partial charge in [0.2, 0.25) is 5.89 Å². The van der Waals surface area contributed by atoms with Gasteiger partial charge in [0.1, 0.15) is 12.3 Å². The third kappa shape index (κ3) is 5.53. The van der Waals surface area contributed by atoms with Gasteiger partial charge in [-0.25, -0.2) is 9.98 Å². The molecule has 0 bridgehead atoms. The van der Waals surface area contributed by atoms with E-state index in [1.807, 2.05) is 13.8 Å². The maximum absolute atomic E-state index is 5.57. The number of rotatable bonds is 6. The molecule has 1 aromatic heterocycles. The van der Waals surface area contributed by atoms with Gasteiger partial charge in [0, 0.05) is 25.7 Å². The molecule has 1 unspecified atom stereocenters. The summed E-state index contributed by atoms with van der Waals surface area (Å²) in [5.41, 5.74) is 0.937. The van der Waals surface area contributed by atoms with Crippen LogP contribution in [-0.4, -0.2) is 48.1 Å². The number of piperidine rings is 1. The van der Waals surface area contributed by atoms with Gasteiger partial charge in [-0.2, -0.15) is 0 Å². The molecule has 23 heavy (non-hydrogen) atoms. The second-order valence-corrected chi connectivity index (χ2v) is 6.25. The zero-order valence-electron chi connectivity index (χ0n) is 15.0. The highest BCUT2D eigenvalue weighted by molar-refractivity contribution is 5.79. The summed E-state index contributed by atoms with van der Waals surface area (Å²) in [6.07, 6.45) is 4.00. The molecule has 2 rings (SSSR count). The lowest BCUT2D eigenvalue weighted by atomic mass is 10.0. The van der Waals surface area contributed by atoms with Gasteiger partial charge in [0.25, 0.3) is 0 Å². The highest BCUT2D eigenvalue weighted by atomic mass is 16.4. The number of oxazole rings is 1. The van der Waals surface area contributed by atoms with E-state index in [9.17, 15) is 0 Å². The molecule has 1 aromatic rings. The number of aliphatic imine (C=N–C) groups is 1. The van der Waals surface area contributed by atoms with Crippen molar-refractivity contribution in [3.05, 3.63) is 17.3 Å². The normalized spacial score (nSPS) is 19.8. The maximum Gasteiger partial charge on any atom is 0.216 e. The van der Waals surface area contributed by atoms with E-state index in [0.29, 0.717) is 18.5 Å². The van der Waals surface area contributed by atoms with E-state index in [0.717, 1.165) is 37.0 Å². The molecular formula is C17H31N5O. The number of aryl methyl sites for hydroxylation is 2. The first-order valence-electron chi connectivity index (χ1n) is 8.79. The average Bonchev–Trinajstić information content (AvgIpc) is 2.85. The summed E-state index contributed by atoms with van der Waals surface area (Å²) in [6.45, 7) is 12.8. The summed E-state index contributed by atoms with van der Waals surface area (Å²) in [5.74, 6) is 2.36. The molecule has 0 saturated carbocycles. The Morgan fingerprint density at radius 2 is 2.17 bits per heavy atom. The second kappa shape index (κ2) is 8.91. The van der Waals surface area contributed by atoms with Gasteiger partial charge in [0.15, 0.2) is 5.96 Å². The van der Waals surface area contributed by atoms with Crippen LogP contribution in [0.5, 0.6) is 0 Å². The average molecular weight is 321 g/mol. The smallest absolute Gasteiger partial charge is 0.216 e. The predicted octanol–water partition coefficient (Wildman–Crippen LogP) is 2.22. The van der Waals surface area contributed by atoms with Crippen LogP contribution in [0.2, 0.25) is 0 Å². The number of nitrogens with one attached hydrogen (secondary N) is 2. The third-order valence-electron chi connectivity index (χ3n) is 4.42. The Balaban J connectivity index is 1.81. The Morgan fingerprint density at radius 1 is 1.35 bits per heavy atom. The number of aromatic nitrogens is 1. The van der Waals surface area contributed by atoms with Crippen molar-refractivity contribution in [3.63, 3.8) is 0 Å². The largest absolute Gasteiger partial charge is 0.444 e. The van der Waals surface area contributed by atoms with Crippen molar-refractivity contribution < 1.29 is 4.42 Å². The third-order valence-corrected chi connectivity index (χ3v) is 4.42. The van der Waals surface area contributed by atoms with Gasteiger partial charge in [-0.1, -0.05) is 6.42 Å². The summed E-state index contributed by atoms with van der Waals surface area (Å²) in [5, 5.41) is 6.68. The molecule has 1 aliphatic heterocycles. The number of hydrogen-bond acceptors (Lipinski definition) is 4. The van der Waals surface area contributed by atoms with Crippen LogP contribution in [0.1, 0.15) is 50.5 Å². The van der Waals surface area contributed by atoms with Gasteiger partial charge in [-0.3, -0.25) is 4.90 Å². The molecule has 130 valence electrons. The number of hydrogen-bond donors (Lipinski definition) is 2. The summed E-state index contributed by atoms with van der Waals surface area (Å²) in [4.78, 5) is 11.5. The van der Waals surface area contributed by atoms with Gasteiger partial charge in [0.05, 0.1) is 5.69 Å². The summed E-state index contributed by atoms with van der Waals surface area (Å²) < 4.78 is 5.57. The molecule has 1 saturated heterocycles. The predicted molar refractivity (Wildman–Crippen MR) is 93.7 cm³/mol. The van der Waals surface area contributed by atoms with Crippen molar-refractivity contribution in [2.75, 3.05) is 26.2 Å². The van der Waals surface area contributed by atoms with Crippen molar-refractivity contribution in [2.45, 2.75) is 59.5 Å². The Kier molecular flexibility index (Phi) is 6.89. The fourth-order valence-electron chi connectivity index (χ4n) is 2.90. The molecule has 1 fully saturated rings. The van der Waals surface area contributed by atoms with Crippen molar-refractivity contribution in [1.82, 2.24) is 20.5 Å². The van der Waals surface area contributed by atoms with E-state index < -0.39 is 0 Å². The first-order chi connectivity index (χ1) is 11.1. The molecule has 0 radical (unpaired) electrons. The van der Waals surface area contributed by atoms with E-state index >= 15 is 0 Å². The maximum atomic E-state index is 5.57. The van der Waals surface area contributed by atoms with Crippen molar-refractivity contribution in [2.24, 2.45) is 4.99 Å². The SMILES string of the molecule is CCNC(=NCc1nc(C)c(C)o1)NCCN1CCCCC1C. The topological polar surface area (TPSA) is 65.7 Å². The molecule has 2 N–H and O–H groups in total.